The summed E-state index contributed by atoms with van der Waals surface area (Å²) in [4.78, 5) is 11.1. The summed E-state index contributed by atoms with van der Waals surface area (Å²) >= 11 is 1.60. The minimum absolute atomic E-state index is 0.519. The largest absolute Gasteiger partial charge is 0.711 e. The van der Waals surface area contributed by atoms with E-state index in [9.17, 15) is 10.0 Å². The van der Waals surface area contributed by atoms with Crippen LogP contribution in [0.2, 0.25) is 0 Å². The maximum absolute atomic E-state index is 11.4. The fourth-order valence-corrected chi connectivity index (χ4v) is 2.02. The molecule has 0 radical (unpaired) electrons. The number of carboxylic acid groups (broad SMARTS) is 1. The van der Waals surface area contributed by atoms with E-state index in [0.29, 0.717) is 22.5 Å². The Balaban J connectivity index is 3.01. The molecule has 90 valence electrons. The number of hydrogen-bond donors (Lipinski definition) is 1. The third-order valence-corrected chi connectivity index (χ3v) is 3.33. The molecule has 1 aromatic rings. The highest BCUT2D eigenvalue weighted by Crippen LogP contribution is 2.17. The number of rotatable bonds is 5. The topological polar surface area (TPSA) is 69.2 Å². The molecule has 0 fully saturated rings. The van der Waals surface area contributed by atoms with Gasteiger partial charge in [0.05, 0.1) is 0 Å². The Morgan fingerprint density at radius 2 is 2.31 bits per heavy atom. The fourth-order valence-electron chi connectivity index (χ4n) is 1.56. The number of aliphatic carboxylic acids is 1. The molecule has 6 heteroatoms. The average molecular weight is 244 g/mol. The monoisotopic (exact) mass is 244 g/mol. The van der Waals surface area contributed by atoms with E-state index in [1.807, 2.05) is 6.26 Å². The molecule has 1 rings (SSSR count). The maximum atomic E-state index is 11.4. The van der Waals surface area contributed by atoms with Gasteiger partial charge in [-0.2, -0.15) is 11.8 Å². The van der Waals surface area contributed by atoms with Gasteiger partial charge in [-0.05, 0) is 12.0 Å². The van der Waals surface area contributed by atoms with Crippen LogP contribution in [0.3, 0.4) is 0 Å². The molecule has 0 aliphatic rings. The van der Waals surface area contributed by atoms with Crippen LogP contribution in [0.5, 0.6) is 0 Å². The number of aromatic nitrogens is 2. The molecule has 1 atom stereocenters. The minimum Gasteiger partial charge on any atom is -0.711 e. The van der Waals surface area contributed by atoms with Crippen molar-refractivity contribution in [1.29, 1.82) is 0 Å². The van der Waals surface area contributed by atoms with Crippen molar-refractivity contribution in [2.75, 3.05) is 12.0 Å². The van der Waals surface area contributed by atoms with Crippen LogP contribution in [0.1, 0.15) is 23.9 Å². The molecule has 5 nitrogen and oxygen atoms in total. The molecule has 1 N–H and O–H groups in total. The highest BCUT2D eigenvalue weighted by atomic mass is 32.2. The first-order valence-electron chi connectivity index (χ1n) is 4.98. The lowest BCUT2D eigenvalue weighted by atomic mass is 10.2. The predicted octanol–water partition coefficient (Wildman–Crippen LogP) is 1.12. The van der Waals surface area contributed by atoms with E-state index < -0.39 is 12.0 Å². The van der Waals surface area contributed by atoms with Gasteiger partial charge in [0.1, 0.15) is 11.4 Å². The highest BCUT2D eigenvalue weighted by Gasteiger charge is 2.27. The van der Waals surface area contributed by atoms with Gasteiger partial charge in [0.25, 0.3) is 0 Å². The van der Waals surface area contributed by atoms with E-state index in [1.54, 1.807) is 30.2 Å². The summed E-state index contributed by atoms with van der Waals surface area (Å²) in [5.74, 6) is -0.139. The molecule has 0 saturated heterocycles. The second kappa shape index (κ2) is 5.25. The van der Waals surface area contributed by atoms with Crippen LogP contribution in [0, 0.1) is 19.1 Å². The third kappa shape index (κ3) is 2.49. The Labute approximate surface area is 98.7 Å². The zero-order valence-electron chi connectivity index (χ0n) is 9.64. The van der Waals surface area contributed by atoms with Crippen LogP contribution >= 0.6 is 11.8 Å². The van der Waals surface area contributed by atoms with Crippen LogP contribution in [0.4, 0.5) is 0 Å². The van der Waals surface area contributed by atoms with Crippen LogP contribution in [-0.2, 0) is 4.79 Å². The molecule has 0 amide bonds. The van der Waals surface area contributed by atoms with Crippen molar-refractivity contribution < 1.29 is 14.6 Å². The third-order valence-electron chi connectivity index (χ3n) is 2.69. The van der Waals surface area contributed by atoms with Gasteiger partial charge in [-0.1, -0.05) is 0 Å². The molecule has 1 aromatic heterocycles. The molecular formula is C10H16N2O3S. The van der Waals surface area contributed by atoms with Crippen molar-refractivity contribution in [3.05, 3.63) is 22.9 Å². The summed E-state index contributed by atoms with van der Waals surface area (Å²) in [5.41, 5.74) is 1.26. The van der Waals surface area contributed by atoms with E-state index in [1.165, 1.54) is 6.33 Å². The maximum Gasteiger partial charge on any atom is 0.349 e. The Morgan fingerprint density at radius 3 is 2.69 bits per heavy atom. The Morgan fingerprint density at radius 1 is 1.69 bits per heavy atom. The molecule has 0 aliphatic heterocycles. The number of nitrogens with zero attached hydrogens (tertiary/aromatic N) is 2. The van der Waals surface area contributed by atoms with Crippen LogP contribution in [0.15, 0.2) is 6.33 Å². The van der Waals surface area contributed by atoms with Crippen LogP contribution in [-0.4, -0.2) is 27.7 Å². The van der Waals surface area contributed by atoms with Gasteiger partial charge in [-0.3, -0.25) is 0 Å². The molecule has 1 heterocycles. The summed E-state index contributed by atoms with van der Waals surface area (Å²) in [6.07, 6.45) is 3.76. The van der Waals surface area contributed by atoms with Crippen molar-refractivity contribution in [3.8, 4) is 0 Å². The van der Waals surface area contributed by atoms with Gasteiger partial charge in [0, 0.05) is 20.3 Å². The van der Waals surface area contributed by atoms with Crippen molar-refractivity contribution in [2.24, 2.45) is 0 Å². The van der Waals surface area contributed by atoms with Gasteiger partial charge >= 0.3 is 5.97 Å². The summed E-state index contributed by atoms with van der Waals surface area (Å²) in [6, 6.07) is -0.652. The molecule has 0 aromatic carbocycles. The van der Waals surface area contributed by atoms with E-state index >= 15 is 0 Å². The van der Waals surface area contributed by atoms with Crippen LogP contribution < -0.4 is 4.73 Å². The Kier molecular flexibility index (Phi) is 4.23. The standard InChI is InChI=1S/C10H16N2O3S/c1-7-8(2)12(15)6-11(7)9(10(13)14)4-5-16-3/h6,9H,4-5H2,1-3H3,(H,13,14)/t9-/m1/s1. The molecule has 0 spiro atoms. The van der Waals surface area contributed by atoms with Crippen molar-refractivity contribution in [3.63, 3.8) is 0 Å². The van der Waals surface area contributed by atoms with Crippen molar-refractivity contribution in [1.82, 2.24) is 4.57 Å². The van der Waals surface area contributed by atoms with E-state index in [4.69, 9.17) is 5.11 Å². The zero-order chi connectivity index (χ0) is 12.3. The molecule has 0 unspecified atom stereocenters. The summed E-state index contributed by atoms with van der Waals surface area (Å²) in [7, 11) is 0. The quantitative estimate of drug-likeness (QED) is 0.622. The van der Waals surface area contributed by atoms with Crippen molar-refractivity contribution >= 4 is 17.7 Å². The minimum atomic E-state index is -0.896. The lowest BCUT2D eigenvalue weighted by molar-refractivity contribution is -0.611. The van der Waals surface area contributed by atoms with E-state index in [-0.39, 0.29) is 0 Å². The zero-order valence-corrected chi connectivity index (χ0v) is 10.5. The predicted molar refractivity (Wildman–Crippen MR) is 62.5 cm³/mol. The van der Waals surface area contributed by atoms with Gasteiger partial charge in [0.2, 0.25) is 6.33 Å². The Bertz CT molecular complexity index is 390. The number of carboxylic acids is 1. The average Bonchev–Trinajstić information content (AvgIpc) is 2.47. The Hall–Kier alpha value is -1.17. The van der Waals surface area contributed by atoms with Gasteiger partial charge in [-0.15, -0.1) is 0 Å². The highest BCUT2D eigenvalue weighted by molar-refractivity contribution is 7.98. The number of imidazole rings is 1. The molecule has 0 bridgehead atoms. The molecule has 0 saturated carbocycles. The van der Waals surface area contributed by atoms with Crippen LogP contribution in [0.25, 0.3) is 0 Å². The number of thioether (sulfide) groups is 1. The molecule has 0 aliphatic carbocycles. The first kappa shape index (κ1) is 12.9. The number of hydrogen-bond acceptors (Lipinski definition) is 3. The van der Waals surface area contributed by atoms with E-state index in [0.717, 1.165) is 5.75 Å². The second-order valence-corrected chi connectivity index (χ2v) is 4.64. The van der Waals surface area contributed by atoms with E-state index in [2.05, 4.69) is 0 Å². The summed E-state index contributed by atoms with van der Waals surface area (Å²) < 4.78 is 2.26. The van der Waals surface area contributed by atoms with Gasteiger partial charge in [0.15, 0.2) is 6.04 Å². The van der Waals surface area contributed by atoms with Gasteiger partial charge in [-0.25, -0.2) is 14.1 Å². The lowest BCUT2D eigenvalue weighted by Crippen LogP contribution is -2.27. The van der Waals surface area contributed by atoms with Gasteiger partial charge < -0.3 is 10.3 Å². The first-order valence-corrected chi connectivity index (χ1v) is 6.37. The first-order chi connectivity index (χ1) is 7.49. The summed E-state index contributed by atoms with van der Waals surface area (Å²) in [5, 5.41) is 20.5. The number of carbonyl (C=O) groups is 1. The second-order valence-electron chi connectivity index (χ2n) is 3.65. The SMILES string of the molecule is CSCC[C@H](C(=O)O)n1c[n+]([O-])c(C)c1C. The van der Waals surface area contributed by atoms with Crippen molar-refractivity contribution in [2.45, 2.75) is 26.3 Å². The lowest BCUT2D eigenvalue weighted by Gasteiger charge is -2.09. The summed E-state index contributed by atoms with van der Waals surface area (Å²) in [6.45, 7) is 3.45. The molecular weight excluding hydrogens is 228 g/mol. The smallest absolute Gasteiger partial charge is 0.349 e. The normalized spacial score (nSPS) is 12.7. The molecule has 16 heavy (non-hydrogen) atoms. The fraction of sp³-hybridized carbons (Fsp3) is 0.600.